The van der Waals surface area contributed by atoms with Crippen molar-refractivity contribution >= 4 is 28.5 Å². The summed E-state index contributed by atoms with van der Waals surface area (Å²) < 4.78 is 38.0. The van der Waals surface area contributed by atoms with E-state index in [9.17, 15) is 22.6 Å². The molecule has 0 saturated carbocycles. The van der Waals surface area contributed by atoms with E-state index in [0.29, 0.717) is 17.6 Å². The maximum Gasteiger partial charge on any atom is 0.338 e. The number of amides is 2. The highest BCUT2D eigenvalue weighted by Gasteiger charge is 2.22. The van der Waals surface area contributed by atoms with Crippen molar-refractivity contribution in [2.24, 2.45) is 0 Å². The number of aromatic carboxylic acids is 1. The quantitative estimate of drug-likeness (QED) is 0.859. The molecular weight excluding hydrogens is 306 g/mol. The van der Waals surface area contributed by atoms with Gasteiger partial charge in [-0.15, -0.1) is 0 Å². The molecule has 1 aliphatic rings. The molecule has 1 heterocycles. The molecule has 2 amide bonds. The van der Waals surface area contributed by atoms with Gasteiger partial charge in [0.05, 0.1) is 11.3 Å². The van der Waals surface area contributed by atoms with E-state index in [1.54, 1.807) is 0 Å². The van der Waals surface area contributed by atoms with Crippen molar-refractivity contribution in [1.82, 2.24) is 4.90 Å². The Labute approximate surface area is 121 Å². The summed E-state index contributed by atoms with van der Waals surface area (Å²) >= 11 is 0. The third-order valence-electron chi connectivity index (χ3n) is 2.99. The lowest BCUT2D eigenvalue weighted by Gasteiger charge is -2.26. The van der Waals surface area contributed by atoms with Crippen molar-refractivity contribution in [2.75, 3.05) is 29.9 Å². The van der Waals surface area contributed by atoms with Gasteiger partial charge in [0.1, 0.15) is 11.6 Å². The molecule has 0 unspecified atom stereocenters. The zero-order valence-corrected chi connectivity index (χ0v) is 11.6. The normalized spacial score (nSPS) is 15.8. The Kier molecular flexibility index (Phi) is 4.51. The minimum atomic E-state index is -1.56. The van der Waals surface area contributed by atoms with E-state index < -0.39 is 45.7 Å². The molecule has 21 heavy (non-hydrogen) atoms. The van der Waals surface area contributed by atoms with Gasteiger partial charge in [0.15, 0.2) is 0 Å². The van der Waals surface area contributed by atoms with E-state index in [1.807, 2.05) is 0 Å². The van der Waals surface area contributed by atoms with Crippen LogP contribution in [0.15, 0.2) is 12.1 Å². The zero-order chi connectivity index (χ0) is 15.6. The first-order chi connectivity index (χ1) is 9.88. The van der Waals surface area contributed by atoms with E-state index >= 15 is 0 Å². The van der Waals surface area contributed by atoms with Gasteiger partial charge < -0.3 is 15.3 Å². The number of nitrogens with zero attached hydrogens (tertiary/aromatic N) is 1. The highest BCUT2D eigenvalue weighted by atomic mass is 32.2. The second-order valence-corrected chi connectivity index (χ2v) is 6.08. The monoisotopic (exact) mass is 318 g/mol. The van der Waals surface area contributed by atoms with Crippen LogP contribution in [0, 0.1) is 11.6 Å². The number of halogens is 2. The summed E-state index contributed by atoms with van der Waals surface area (Å²) in [5.41, 5.74) is -1.14. The molecule has 6 nitrogen and oxygen atoms in total. The number of hydrogen-bond donors (Lipinski definition) is 2. The van der Waals surface area contributed by atoms with Crippen LogP contribution in [-0.4, -0.2) is 50.8 Å². The number of anilines is 1. The third-order valence-corrected chi connectivity index (χ3v) is 4.27. The summed E-state index contributed by atoms with van der Waals surface area (Å²) in [7, 11) is -0.964. The smallest absolute Gasteiger partial charge is 0.338 e. The van der Waals surface area contributed by atoms with Crippen LogP contribution >= 0.6 is 0 Å². The highest BCUT2D eigenvalue weighted by Crippen LogP contribution is 2.20. The molecule has 1 saturated heterocycles. The predicted molar refractivity (Wildman–Crippen MR) is 71.8 cm³/mol. The Balaban J connectivity index is 2.15. The van der Waals surface area contributed by atoms with Gasteiger partial charge in [-0.3, -0.25) is 4.21 Å². The molecule has 0 bridgehead atoms. The van der Waals surface area contributed by atoms with E-state index in [1.165, 1.54) is 4.90 Å². The van der Waals surface area contributed by atoms with Crippen LogP contribution in [0.3, 0.4) is 0 Å². The molecule has 0 aromatic heterocycles. The molecule has 0 aliphatic carbocycles. The summed E-state index contributed by atoms with van der Waals surface area (Å²) in [6.07, 6.45) is 0. The molecule has 2 rings (SSSR count). The summed E-state index contributed by atoms with van der Waals surface area (Å²) in [6, 6.07) is 0.491. The van der Waals surface area contributed by atoms with Gasteiger partial charge in [-0.25, -0.2) is 18.4 Å². The Morgan fingerprint density at radius 2 is 1.81 bits per heavy atom. The molecule has 0 radical (unpaired) electrons. The van der Waals surface area contributed by atoms with Gasteiger partial charge in [0, 0.05) is 41.5 Å². The van der Waals surface area contributed by atoms with Crippen LogP contribution in [0.2, 0.25) is 0 Å². The Morgan fingerprint density at radius 1 is 1.19 bits per heavy atom. The van der Waals surface area contributed by atoms with E-state index in [-0.39, 0.29) is 13.1 Å². The largest absolute Gasteiger partial charge is 0.478 e. The first kappa shape index (κ1) is 15.4. The van der Waals surface area contributed by atoms with Crippen molar-refractivity contribution < 1.29 is 27.7 Å². The lowest BCUT2D eigenvalue weighted by Crippen LogP contribution is -2.44. The molecule has 114 valence electrons. The number of carbonyl (C=O) groups is 2. The number of urea groups is 1. The van der Waals surface area contributed by atoms with Crippen molar-refractivity contribution in [3.63, 3.8) is 0 Å². The fourth-order valence-electron chi connectivity index (χ4n) is 1.84. The molecule has 1 aliphatic heterocycles. The minimum absolute atomic E-state index is 0.257. The maximum absolute atomic E-state index is 13.6. The lowest BCUT2D eigenvalue weighted by atomic mass is 10.2. The molecule has 1 aromatic rings. The zero-order valence-electron chi connectivity index (χ0n) is 10.8. The lowest BCUT2D eigenvalue weighted by molar-refractivity contribution is 0.0691. The van der Waals surface area contributed by atoms with Gasteiger partial charge in [-0.1, -0.05) is 0 Å². The van der Waals surface area contributed by atoms with E-state index in [0.717, 1.165) is 6.07 Å². The van der Waals surface area contributed by atoms with Crippen LogP contribution in [0.5, 0.6) is 0 Å². The number of hydrogen-bond acceptors (Lipinski definition) is 3. The Bertz CT molecular complexity index is 614. The average Bonchev–Trinajstić information content (AvgIpc) is 2.42. The fraction of sp³-hybridized carbons (Fsp3) is 0.333. The minimum Gasteiger partial charge on any atom is -0.478 e. The Morgan fingerprint density at radius 3 is 2.38 bits per heavy atom. The number of nitrogens with one attached hydrogen (secondary N) is 1. The summed E-state index contributed by atoms with van der Waals surface area (Å²) in [4.78, 5) is 24.0. The molecule has 1 fully saturated rings. The second-order valence-electron chi connectivity index (χ2n) is 4.38. The fourth-order valence-corrected chi connectivity index (χ4v) is 2.90. The van der Waals surface area contributed by atoms with Gasteiger partial charge in [-0.2, -0.15) is 0 Å². The van der Waals surface area contributed by atoms with Crippen molar-refractivity contribution in [1.29, 1.82) is 0 Å². The van der Waals surface area contributed by atoms with Crippen LogP contribution in [0.1, 0.15) is 10.4 Å². The van der Waals surface area contributed by atoms with Crippen molar-refractivity contribution in [2.45, 2.75) is 0 Å². The first-order valence-electron chi connectivity index (χ1n) is 6.01. The summed E-state index contributed by atoms with van der Waals surface area (Å²) in [5.74, 6) is -3.17. The van der Waals surface area contributed by atoms with Crippen molar-refractivity contribution in [3.8, 4) is 0 Å². The standard InChI is InChI=1S/C12H12F2N2O4S/c13-8-6-9(14)10(5-7(8)11(17)18)15-12(19)16-1-3-21(20)4-2-16/h5-6H,1-4H2,(H,15,19)(H,17,18). The summed E-state index contributed by atoms with van der Waals surface area (Å²) in [6.45, 7) is 0.514. The van der Waals surface area contributed by atoms with Gasteiger partial charge in [-0.05, 0) is 6.07 Å². The number of carboxylic acids is 1. The van der Waals surface area contributed by atoms with E-state index in [4.69, 9.17) is 5.11 Å². The van der Waals surface area contributed by atoms with Gasteiger partial charge in [0.2, 0.25) is 0 Å². The molecule has 1 aromatic carbocycles. The molecular formula is C12H12F2N2O4S. The van der Waals surface area contributed by atoms with Crippen molar-refractivity contribution in [3.05, 3.63) is 29.3 Å². The third kappa shape index (κ3) is 3.54. The Hall–Kier alpha value is -2.03. The molecule has 2 N–H and O–H groups in total. The SMILES string of the molecule is O=C(O)c1cc(NC(=O)N2CCS(=O)CC2)c(F)cc1F. The maximum atomic E-state index is 13.6. The molecule has 9 heteroatoms. The topological polar surface area (TPSA) is 86.7 Å². The first-order valence-corrected chi connectivity index (χ1v) is 7.50. The molecule has 0 atom stereocenters. The number of benzene rings is 1. The highest BCUT2D eigenvalue weighted by molar-refractivity contribution is 7.85. The molecule has 0 spiro atoms. The number of carboxylic acid groups (broad SMARTS) is 1. The number of rotatable bonds is 2. The van der Waals surface area contributed by atoms with Crippen LogP contribution in [0.25, 0.3) is 0 Å². The van der Waals surface area contributed by atoms with Gasteiger partial charge in [0.25, 0.3) is 0 Å². The summed E-state index contributed by atoms with van der Waals surface area (Å²) in [5, 5.41) is 11.0. The number of carbonyl (C=O) groups excluding carboxylic acids is 1. The van der Waals surface area contributed by atoms with Crippen LogP contribution < -0.4 is 5.32 Å². The predicted octanol–water partition coefficient (Wildman–Crippen LogP) is 1.26. The second kappa shape index (κ2) is 6.17. The average molecular weight is 318 g/mol. The van der Waals surface area contributed by atoms with Gasteiger partial charge >= 0.3 is 12.0 Å². The van der Waals surface area contributed by atoms with Crippen LogP contribution in [0.4, 0.5) is 19.3 Å². The van der Waals surface area contributed by atoms with E-state index in [2.05, 4.69) is 5.32 Å². The van der Waals surface area contributed by atoms with Crippen LogP contribution in [-0.2, 0) is 10.8 Å².